The van der Waals surface area contributed by atoms with E-state index in [0.717, 1.165) is 0 Å². The smallest absolute Gasteiger partial charge is 0.0483 e. The molecule has 2 aromatic rings. The predicted molar refractivity (Wildman–Crippen MR) is 119 cm³/mol. The van der Waals surface area contributed by atoms with Crippen molar-refractivity contribution in [1.29, 1.82) is 0 Å². The van der Waals surface area contributed by atoms with Crippen molar-refractivity contribution in [3.05, 3.63) is 82.4 Å². The van der Waals surface area contributed by atoms with Crippen molar-refractivity contribution < 1.29 is 49.0 Å². The van der Waals surface area contributed by atoms with Gasteiger partial charge in [0, 0.05) is 8.07 Å². The van der Waals surface area contributed by atoms with E-state index in [1.807, 2.05) is 0 Å². The van der Waals surface area contributed by atoms with E-state index < -0.39 is 8.07 Å². The van der Waals surface area contributed by atoms with Gasteiger partial charge in [-0.3, -0.25) is 6.08 Å². The summed E-state index contributed by atoms with van der Waals surface area (Å²) in [5.41, 5.74) is 7.30. The van der Waals surface area contributed by atoms with Gasteiger partial charge in [0.25, 0.3) is 0 Å². The molecule has 4 rings (SSSR count). The average Bonchev–Trinajstić information content (AvgIpc) is 3.13. The molecule has 0 radical (unpaired) electrons. The summed E-state index contributed by atoms with van der Waals surface area (Å²) in [5.74, 6) is 0.843. The number of hydrogen-bond acceptors (Lipinski definition) is 0. The summed E-state index contributed by atoms with van der Waals surface area (Å²) in [6.45, 7) is 11.7. The number of rotatable bonds is 3. The predicted octanol–water partition coefficient (Wildman–Crippen LogP) is 0.873. The van der Waals surface area contributed by atoms with E-state index >= 15 is 0 Å². The third kappa shape index (κ3) is 6.73. The van der Waals surface area contributed by atoms with Crippen molar-refractivity contribution in [3.63, 3.8) is 0 Å². The number of halogens is 2. The summed E-state index contributed by atoms with van der Waals surface area (Å²) in [5, 5.41) is 0. The van der Waals surface area contributed by atoms with Crippen molar-refractivity contribution in [2.45, 2.75) is 51.4 Å². The van der Waals surface area contributed by atoms with E-state index in [1.54, 1.807) is 29.8 Å². The summed E-state index contributed by atoms with van der Waals surface area (Å²) in [6.07, 6.45) is 8.32. The van der Waals surface area contributed by atoms with E-state index in [4.69, 9.17) is 0 Å². The SMILES string of the molecule is C[C](C)=[Zr+2].C[Si](C)(C)CC1=Cc2ccccc2C1C1[C-]=Cc2ccccc21.[Cl-].[Cl-]. The third-order valence-corrected chi connectivity index (χ3v) is 6.36. The largest absolute Gasteiger partial charge is 1.00 e. The molecule has 0 amide bonds. The summed E-state index contributed by atoms with van der Waals surface area (Å²) < 4.78 is 1.51. The summed E-state index contributed by atoms with van der Waals surface area (Å²) in [7, 11) is -1.15. The first kappa shape index (κ1) is 26.5. The Kier molecular flexibility index (Phi) is 10.2. The normalized spacial score (nSPS) is 18.4. The maximum absolute atomic E-state index is 3.67. The molecule has 2 aliphatic rings. The number of hydrogen-bond donors (Lipinski definition) is 0. The minimum Gasteiger partial charge on any atom is -1.00 e. The second kappa shape index (κ2) is 11.2. The molecule has 2 atom stereocenters. The number of benzene rings is 2. The molecule has 0 saturated heterocycles. The van der Waals surface area contributed by atoms with Gasteiger partial charge in [-0.25, -0.2) is 6.08 Å². The minimum atomic E-state index is -1.15. The Morgan fingerprint density at radius 1 is 0.897 bits per heavy atom. The molecule has 0 spiro atoms. The zero-order valence-electron chi connectivity index (χ0n) is 17.9. The van der Waals surface area contributed by atoms with Crippen LogP contribution in [0.3, 0.4) is 0 Å². The molecular formula is C25H29Cl2SiZr-. The molecule has 0 aromatic heterocycles. The van der Waals surface area contributed by atoms with Gasteiger partial charge in [0.2, 0.25) is 0 Å². The molecule has 0 saturated carbocycles. The molecule has 29 heavy (non-hydrogen) atoms. The van der Waals surface area contributed by atoms with Gasteiger partial charge < -0.3 is 24.8 Å². The molecule has 0 fully saturated rings. The minimum absolute atomic E-state index is 0. The monoisotopic (exact) mass is 517 g/mol. The molecule has 2 aliphatic carbocycles. The van der Waals surface area contributed by atoms with Crippen LogP contribution < -0.4 is 24.8 Å². The first-order valence-electron chi connectivity index (χ1n) is 9.75. The van der Waals surface area contributed by atoms with Gasteiger partial charge in [-0.05, 0) is 23.1 Å². The van der Waals surface area contributed by atoms with Crippen LogP contribution in [0.5, 0.6) is 0 Å². The van der Waals surface area contributed by atoms with Crippen LogP contribution in [0, 0.1) is 6.08 Å². The number of allylic oxidation sites excluding steroid dienone is 2. The van der Waals surface area contributed by atoms with Crippen LogP contribution >= 0.6 is 0 Å². The Morgan fingerprint density at radius 3 is 2.00 bits per heavy atom. The fourth-order valence-electron chi connectivity index (χ4n) is 4.05. The van der Waals surface area contributed by atoms with Crippen LogP contribution in [0.2, 0.25) is 25.7 Å². The van der Waals surface area contributed by atoms with E-state index in [2.05, 4.69) is 100 Å². The van der Waals surface area contributed by atoms with Gasteiger partial charge in [-0.15, -0.1) is 11.6 Å². The van der Waals surface area contributed by atoms with Gasteiger partial charge in [-0.2, -0.15) is 5.56 Å². The van der Waals surface area contributed by atoms with Crippen LogP contribution in [-0.4, -0.2) is 11.3 Å². The second-order valence-electron chi connectivity index (χ2n) is 8.98. The van der Waals surface area contributed by atoms with Crippen molar-refractivity contribution in [2.75, 3.05) is 0 Å². The molecule has 0 aliphatic heterocycles. The zero-order chi connectivity index (χ0) is 19.6. The third-order valence-electron chi connectivity index (χ3n) is 4.89. The molecule has 2 unspecified atom stereocenters. The maximum Gasteiger partial charge on any atom is 0.0483 e. The Morgan fingerprint density at radius 2 is 1.41 bits per heavy atom. The fraction of sp³-hybridized carbons (Fsp3) is 0.320. The van der Waals surface area contributed by atoms with Gasteiger partial charge >= 0.3 is 41.3 Å². The Hall–Kier alpha value is -0.530. The summed E-state index contributed by atoms with van der Waals surface area (Å²) in [4.78, 5) is 0. The van der Waals surface area contributed by atoms with Crippen molar-refractivity contribution >= 4 is 23.4 Å². The van der Waals surface area contributed by atoms with E-state index in [-0.39, 0.29) is 24.8 Å². The van der Waals surface area contributed by atoms with Crippen LogP contribution in [0.1, 0.15) is 47.9 Å². The average molecular weight is 520 g/mol. The Bertz CT molecular complexity index is 905. The zero-order valence-corrected chi connectivity index (χ0v) is 22.9. The topological polar surface area (TPSA) is 0 Å². The standard InChI is InChI=1S/C22H23Si.C3H6.2ClH.Zr/c1-23(2,3)15-18-14-17-9-5-7-11-20(17)22(18)21-13-12-16-8-4-6-10-19(16)21;1-3-2;;;/h4-12,14,21-22H,15H2,1-3H3;1-2H3;2*1H;/q-1;;;;+2/p-2. The Balaban J connectivity index is 0.000000646. The van der Waals surface area contributed by atoms with Crippen molar-refractivity contribution in [1.82, 2.24) is 0 Å². The molecule has 0 bridgehead atoms. The van der Waals surface area contributed by atoms with E-state index in [9.17, 15) is 0 Å². The van der Waals surface area contributed by atoms with Crippen molar-refractivity contribution in [3.8, 4) is 0 Å². The van der Waals surface area contributed by atoms with Crippen LogP contribution in [0.4, 0.5) is 0 Å². The van der Waals surface area contributed by atoms with Gasteiger partial charge in [0.05, 0.1) is 0 Å². The number of fused-ring (bicyclic) bond motifs is 2. The van der Waals surface area contributed by atoms with Crippen molar-refractivity contribution in [2.24, 2.45) is 0 Å². The first-order valence-corrected chi connectivity index (χ1v) is 14.7. The molecule has 2 aromatic carbocycles. The Labute approximate surface area is 205 Å². The van der Waals surface area contributed by atoms with Gasteiger partial charge in [0.1, 0.15) is 0 Å². The van der Waals surface area contributed by atoms with Gasteiger partial charge in [-0.1, -0.05) is 79.7 Å². The summed E-state index contributed by atoms with van der Waals surface area (Å²) in [6, 6.07) is 19.0. The van der Waals surface area contributed by atoms with E-state index in [1.165, 1.54) is 31.5 Å². The molecule has 0 heterocycles. The van der Waals surface area contributed by atoms with Crippen LogP contribution in [0.25, 0.3) is 12.2 Å². The van der Waals surface area contributed by atoms with Crippen LogP contribution in [-0.2, 0) is 24.2 Å². The maximum atomic E-state index is 3.67. The molecule has 0 N–H and O–H groups in total. The summed E-state index contributed by atoms with van der Waals surface area (Å²) >= 11 is 1.55. The van der Waals surface area contributed by atoms with Gasteiger partial charge in [0.15, 0.2) is 0 Å². The molecule has 4 heteroatoms. The van der Waals surface area contributed by atoms with Crippen LogP contribution in [0.15, 0.2) is 54.1 Å². The van der Waals surface area contributed by atoms with E-state index in [0.29, 0.717) is 11.8 Å². The first-order chi connectivity index (χ1) is 12.8. The second-order valence-corrected chi connectivity index (χ2v) is 16.9. The fourth-order valence-corrected chi connectivity index (χ4v) is 5.60. The molecule has 152 valence electrons. The molecule has 0 nitrogen and oxygen atoms in total. The molecular weight excluding hydrogens is 490 g/mol. The quantitative estimate of drug-likeness (QED) is 0.417.